The molecule has 2 aromatic carbocycles. The quantitative estimate of drug-likeness (QED) is 0.457. The van der Waals surface area contributed by atoms with Gasteiger partial charge in [-0.05, 0) is 24.1 Å². The fourth-order valence-corrected chi connectivity index (χ4v) is 3.14. The molecule has 3 aromatic rings. The Balaban J connectivity index is 1.55. The molecule has 0 bridgehead atoms. The molecule has 148 valence electrons. The van der Waals surface area contributed by atoms with Gasteiger partial charge in [-0.3, -0.25) is 9.78 Å². The van der Waals surface area contributed by atoms with E-state index >= 15 is 0 Å². The Hall–Kier alpha value is -3.47. The van der Waals surface area contributed by atoms with E-state index in [1.807, 2.05) is 60.7 Å². The van der Waals surface area contributed by atoms with Crippen LogP contribution in [-0.2, 0) is 14.3 Å². The Kier molecular flexibility index (Phi) is 7.11. The Morgan fingerprint density at radius 2 is 1.86 bits per heavy atom. The van der Waals surface area contributed by atoms with Gasteiger partial charge in [0.1, 0.15) is 0 Å². The Labute approximate surface area is 170 Å². The number of ether oxygens (including phenoxy) is 1. The van der Waals surface area contributed by atoms with E-state index < -0.39 is 5.97 Å². The van der Waals surface area contributed by atoms with Crippen LogP contribution in [0.4, 0.5) is 0 Å². The maximum Gasteiger partial charge on any atom is 0.331 e. The maximum absolute atomic E-state index is 12.2. The van der Waals surface area contributed by atoms with Crippen molar-refractivity contribution in [3.63, 3.8) is 0 Å². The highest BCUT2D eigenvalue weighted by atomic mass is 16.5. The molecule has 0 spiro atoms. The summed E-state index contributed by atoms with van der Waals surface area (Å²) in [5.74, 6) is -0.888. The maximum atomic E-state index is 12.2. The van der Waals surface area contributed by atoms with Crippen LogP contribution in [0.3, 0.4) is 0 Å². The largest absolute Gasteiger partial charge is 0.452 e. The summed E-state index contributed by atoms with van der Waals surface area (Å²) in [5, 5.41) is 3.93. The Morgan fingerprint density at radius 3 is 2.66 bits per heavy atom. The first-order valence-electron chi connectivity index (χ1n) is 9.70. The minimum Gasteiger partial charge on any atom is -0.452 e. The number of aromatic nitrogens is 1. The van der Waals surface area contributed by atoms with Gasteiger partial charge in [-0.2, -0.15) is 0 Å². The molecule has 0 saturated carbocycles. The second-order valence-electron chi connectivity index (χ2n) is 6.68. The number of benzene rings is 2. The smallest absolute Gasteiger partial charge is 0.331 e. The van der Waals surface area contributed by atoms with Crippen LogP contribution >= 0.6 is 0 Å². The minimum atomic E-state index is -0.570. The summed E-state index contributed by atoms with van der Waals surface area (Å²) in [6.07, 6.45) is 6.43. The van der Waals surface area contributed by atoms with Gasteiger partial charge in [-0.15, -0.1) is 0 Å². The van der Waals surface area contributed by atoms with Gasteiger partial charge in [0.2, 0.25) is 0 Å². The topological polar surface area (TPSA) is 68.3 Å². The molecule has 1 N–H and O–H groups in total. The number of carbonyl (C=O) groups excluding carboxylic acids is 2. The lowest BCUT2D eigenvalue weighted by Crippen LogP contribution is -2.32. The van der Waals surface area contributed by atoms with Gasteiger partial charge in [0, 0.05) is 23.2 Å². The van der Waals surface area contributed by atoms with Crippen LogP contribution in [0.25, 0.3) is 17.0 Å². The summed E-state index contributed by atoms with van der Waals surface area (Å²) in [6.45, 7) is 1.75. The molecule has 5 nitrogen and oxygen atoms in total. The van der Waals surface area contributed by atoms with Crippen LogP contribution in [0, 0.1) is 0 Å². The van der Waals surface area contributed by atoms with E-state index in [1.165, 1.54) is 6.08 Å². The average Bonchev–Trinajstić information content (AvgIpc) is 2.76. The van der Waals surface area contributed by atoms with Crippen molar-refractivity contribution in [1.29, 1.82) is 0 Å². The van der Waals surface area contributed by atoms with Gasteiger partial charge >= 0.3 is 5.97 Å². The third kappa shape index (κ3) is 5.75. The van der Waals surface area contributed by atoms with Gasteiger partial charge in [0.15, 0.2) is 6.61 Å². The van der Waals surface area contributed by atoms with Crippen molar-refractivity contribution < 1.29 is 14.3 Å². The minimum absolute atomic E-state index is 0.0929. The fraction of sp³-hybridized carbons (Fsp3) is 0.208. The number of rotatable bonds is 8. The third-order valence-corrected chi connectivity index (χ3v) is 4.52. The lowest BCUT2D eigenvalue weighted by molar-refractivity contribution is -0.144. The molecule has 0 aliphatic carbocycles. The van der Waals surface area contributed by atoms with E-state index in [0.717, 1.165) is 34.9 Å². The summed E-state index contributed by atoms with van der Waals surface area (Å²) >= 11 is 0. The summed E-state index contributed by atoms with van der Waals surface area (Å²) < 4.78 is 5.09. The van der Waals surface area contributed by atoms with Gasteiger partial charge in [0.05, 0.1) is 11.6 Å². The number of pyridine rings is 1. The molecule has 1 aromatic heterocycles. The number of carbonyl (C=O) groups is 2. The van der Waals surface area contributed by atoms with Crippen LogP contribution in [0.1, 0.15) is 36.9 Å². The zero-order valence-electron chi connectivity index (χ0n) is 16.4. The number of hydrogen-bond donors (Lipinski definition) is 1. The predicted molar refractivity (Wildman–Crippen MR) is 114 cm³/mol. The lowest BCUT2D eigenvalue weighted by atomic mass is 10.0. The first kappa shape index (κ1) is 20.3. The predicted octanol–water partition coefficient (Wildman–Crippen LogP) is 4.45. The second-order valence-corrected chi connectivity index (χ2v) is 6.68. The number of nitrogens with one attached hydrogen (secondary N) is 1. The zero-order chi connectivity index (χ0) is 20.5. The van der Waals surface area contributed by atoms with Gasteiger partial charge < -0.3 is 10.1 Å². The molecule has 0 fully saturated rings. The highest BCUT2D eigenvalue weighted by Crippen LogP contribution is 2.18. The normalized spacial score (nSPS) is 12.0. The van der Waals surface area contributed by atoms with E-state index in [1.54, 1.807) is 12.3 Å². The van der Waals surface area contributed by atoms with E-state index in [2.05, 4.69) is 17.2 Å². The summed E-state index contributed by atoms with van der Waals surface area (Å²) in [7, 11) is 0. The van der Waals surface area contributed by atoms with Crippen molar-refractivity contribution in [2.24, 2.45) is 0 Å². The first-order chi connectivity index (χ1) is 14.2. The van der Waals surface area contributed by atoms with Crippen molar-refractivity contribution >= 4 is 28.9 Å². The molecule has 1 amide bonds. The highest BCUT2D eigenvalue weighted by molar-refractivity contribution is 5.93. The molecule has 0 aliphatic rings. The fourth-order valence-electron chi connectivity index (χ4n) is 3.14. The van der Waals surface area contributed by atoms with Crippen LogP contribution in [-0.4, -0.2) is 23.5 Å². The van der Waals surface area contributed by atoms with E-state index in [9.17, 15) is 9.59 Å². The summed E-state index contributed by atoms with van der Waals surface area (Å²) in [4.78, 5) is 28.6. The number of hydrogen-bond acceptors (Lipinski definition) is 4. The first-order valence-corrected chi connectivity index (χ1v) is 9.70. The molecule has 0 aliphatic heterocycles. The summed E-state index contributed by atoms with van der Waals surface area (Å²) in [6, 6.07) is 19.3. The second kappa shape index (κ2) is 10.2. The number of esters is 1. The average molecular weight is 388 g/mol. The number of amides is 1. The van der Waals surface area contributed by atoms with Crippen LogP contribution in [0.2, 0.25) is 0 Å². The van der Waals surface area contributed by atoms with Crippen molar-refractivity contribution in [3.8, 4) is 0 Å². The van der Waals surface area contributed by atoms with Gasteiger partial charge in [-0.1, -0.05) is 67.9 Å². The van der Waals surface area contributed by atoms with Crippen LogP contribution in [0.5, 0.6) is 0 Å². The van der Waals surface area contributed by atoms with E-state index in [-0.39, 0.29) is 18.6 Å². The van der Waals surface area contributed by atoms with Crippen LogP contribution < -0.4 is 5.32 Å². The van der Waals surface area contributed by atoms with E-state index in [0.29, 0.717) is 0 Å². The van der Waals surface area contributed by atoms with Gasteiger partial charge in [0.25, 0.3) is 5.91 Å². The van der Waals surface area contributed by atoms with Crippen molar-refractivity contribution in [1.82, 2.24) is 10.3 Å². The molecular weight excluding hydrogens is 364 g/mol. The van der Waals surface area contributed by atoms with Crippen LogP contribution in [0.15, 0.2) is 72.9 Å². The Morgan fingerprint density at radius 1 is 1.07 bits per heavy atom. The van der Waals surface area contributed by atoms with Crippen molar-refractivity contribution in [3.05, 3.63) is 84.1 Å². The molecule has 1 atom stereocenters. The molecule has 3 rings (SSSR count). The summed E-state index contributed by atoms with van der Waals surface area (Å²) in [5.41, 5.74) is 2.66. The molecular formula is C24H24N2O3. The Bertz CT molecular complexity index is 994. The molecule has 5 heteroatoms. The number of para-hydroxylation sites is 1. The third-order valence-electron chi connectivity index (χ3n) is 4.52. The number of nitrogens with zero attached hydrogens (tertiary/aromatic N) is 1. The van der Waals surface area contributed by atoms with Crippen molar-refractivity contribution in [2.45, 2.75) is 25.8 Å². The molecule has 0 saturated heterocycles. The van der Waals surface area contributed by atoms with Crippen molar-refractivity contribution in [2.75, 3.05) is 6.61 Å². The zero-order valence-corrected chi connectivity index (χ0v) is 16.4. The van der Waals surface area contributed by atoms with Gasteiger partial charge in [-0.25, -0.2) is 4.79 Å². The monoisotopic (exact) mass is 388 g/mol. The molecule has 29 heavy (non-hydrogen) atoms. The molecule has 0 radical (unpaired) electrons. The molecule has 1 unspecified atom stereocenters. The number of fused-ring (bicyclic) bond motifs is 1. The van der Waals surface area contributed by atoms with E-state index in [4.69, 9.17) is 4.74 Å². The SMILES string of the molecule is CCCC(NC(=O)COC(=O)/C=C/c1cccc2cccnc12)c1ccccc1. The molecule has 1 heterocycles. The highest BCUT2D eigenvalue weighted by Gasteiger charge is 2.14. The lowest BCUT2D eigenvalue weighted by Gasteiger charge is -2.18. The standard InChI is InChI=1S/C24H24N2O3/c1-2-8-21(18-9-4-3-5-10-18)26-22(27)17-29-23(28)15-14-20-12-6-11-19-13-7-16-25-24(19)20/h3-7,9-16,21H,2,8,17H2,1H3,(H,26,27)/b15-14+.